The second-order valence-corrected chi connectivity index (χ2v) is 7.17. The first kappa shape index (κ1) is 21.9. The number of nitrogens with zero attached hydrogens (tertiary/aromatic N) is 2. The molecule has 1 aliphatic rings. The van der Waals surface area contributed by atoms with Gasteiger partial charge in [0, 0.05) is 31.6 Å². The van der Waals surface area contributed by atoms with E-state index in [1.54, 1.807) is 24.8 Å². The van der Waals surface area contributed by atoms with Gasteiger partial charge in [-0.2, -0.15) is 0 Å². The SMILES string of the molecule is CCONC(=O)N[C@@H](C(=O)N1CCN(C)[C@H](C)C1)[C@@H](C)c1ccc(N)c(F)c1. The molecule has 0 bridgehead atoms. The molecule has 8 nitrogen and oxygen atoms in total. The number of hydrogen-bond donors (Lipinski definition) is 3. The van der Waals surface area contributed by atoms with Crippen molar-refractivity contribution in [3.05, 3.63) is 29.6 Å². The number of nitrogens with two attached hydrogens (primary N) is 1. The van der Waals surface area contributed by atoms with Crippen LogP contribution in [-0.4, -0.2) is 67.1 Å². The minimum atomic E-state index is -0.876. The molecule has 1 aromatic rings. The van der Waals surface area contributed by atoms with E-state index in [-0.39, 0.29) is 17.6 Å². The molecule has 0 saturated carbocycles. The number of rotatable bonds is 6. The smallest absolute Gasteiger partial charge is 0.339 e. The number of likely N-dealkylation sites (N-methyl/N-ethyl adjacent to an activating group) is 1. The summed E-state index contributed by atoms with van der Waals surface area (Å²) in [5.41, 5.74) is 8.40. The molecule has 4 N–H and O–H groups in total. The van der Waals surface area contributed by atoms with Crippen LogP contribution in [0, 0.1) is 5.82 Å². The molecule has 3 atom stereocenters. The van der Waals surface area contributed by atoms with Gasteiger partial charge in [0.25, 0.3) is 0 Å². The summed E-state index contributed by atoms with van der Waals surface area (Å²) in [5.74, 6) is -1.23. The molecular formula is C19H30FN5O3. The zero-order valence-electron chi connectivity index (χ0n) is 16.9. The van der Waals surface area contributed by atoms with Crippen LogP contribution in [0.4, 0.5) is 14.9 Å². The Morgan fingerprint density at radius 1 is 1.39 bits per heavy atom. The summed E-state index contributed by atoms with van der Waals surface area (Å²) in [6, 6.07) is 3.14. The van der Waals surface area contributed by atoms with Crippen molar-refractivity contribution in [3.63, 3.8) is 0 Å². The third kappa shape index (κ3) is 5.32. The number of benzene rings is 1. The Balaban J connectivity index is 2.23. The van der Waals surface area contributed by atoms with Crippen molar-refractivity contribution in [3.8, 4) is 0 Å². The van der Waals surface area contributed by atoms with E-state index in [2.05, 4.69) is 15.7 Å². The molecule has 1 aromatic carbocycles. The van der Waals surface area contributed by atoms with Crippen LogP contribution < -0.4 is 16.5 Å². The van der Waals surface area contributed by atoms with E-state index in [1.807, 2.05) is 14.0 Å². The maximum atomic E-state index is 13.9. The van der Waals surface area contributed by atoms with E-state index < -0.39 is 23.8 Å². The van der Waals surface area contributed by atoms with Gasteiger partial charge in [0.05, 0.1) is 12.3 Å². The van der Waals surface area contributed by atoms with Crippen LogP contribution in [0.5, 0.6) is 0 Å². The number of hydroxylamine groups is 1. The predicted octanol–water partition coefficient (Wildman–Crippen LogP) is 1.29. The van der Waals surface area contributed by atoms with E-state index in [9.17, 15) is 14.0 Å². The minimum absolute atomic E-state index is 0.0359. The van der Waals surface area contributed by atoms with Gasteiger partial charge in [-0.15, -0.1) is 0 Å². The Labute approximate surface area is 165 Å². The Morgan fingerprint density at radius 3 is 2.71 bits per heavy atom. The number of carbonyl (C=O) groups is 2. The summed E-state index contributed by atoms with van der Waals surface area (Å²) in [7, 11) is 2.01. The van der Waals surface area contributed by atoms with Gasteiger partial charge < -0.3 is 20.9 Å². The van der Waals surface area contributed by atoms with E-state index in [1.165, 1.54) is 12.1 Å². The molecule has 1 heterocycles. The number of amides is 3. The number of piperazine rings is 1. The van der Waals surface area contributed by atoms with Crippen LogP contribution in [0.1, 0.15) is 32.3 Å². The van der Waals surface area contributed by atoms with Crippen molar-refractivity contribution in [2.45, 2.75) is 38.8 Å². The molecule has 1 saturated heterocycles. The van der Waals surface area contributed by atoms with Gasteiger partial charge >= 0.3 is 6.03 Å². The molecule has 1 fully saturated rings. The zero-order valence-corrected chi connectivity index (χ0v) is 16.9. The lowest BCUT2D eigenvalue weighted by Crippen LogP contribution is -2.59. The lowest BCUT2D eigenvalue weighted by atomic mass is 9.91. The average molecular weight is 395 g/mol. The highest BCUT2D eigenvalue weighted by atomic mass is 19.1. The first-order valence-electron chi connectivity index (χ1n) is 9.46. The Morgan fingerprint density at radius 2 is 2.11 bits per heavy atom. The van der Waals surface area contributed by atoms with E-state index in [0.29, 0.717) is 25.3 Å². The van der Waals surface area contributed by atoms with Gasteiger partial charge in [0.2, 0.25) is 5.91 Å². The van der Waals surface area contributed by atoms with Crippen LogP contribution in [0.3, 0.4) is 0 Å². The predicted molar refractivity (Wildman–Crippen MR) is 105 cm³/mol. The number of nitrogens with one attached hydrogen (secondary N) is 2. The highest BCUT2D eigenvalue weighted by molar-refractivity contribution is 5.88. The average Bonchev–Trinajstić information content (AvgIpc) is 2.67. The summed E-state index contributed by atoms with van der Waals surface area (Å²) < 4.78 is 13.9. The maximum Gasteiger partial charge on any atom is 0.339 e. The fourth-order valence-corrected chi connectivity index (χ4v) is 3.17. The Bertz CT molecular complexity index is 702. The Hall–Kier alpha value is -2.39. The molecule has 0 spiro atoms. The fourth-order valence-electron chi connectivity index (χ4n) is 3.17. The first-order valence-corrected chi connectivity index (χ1v) is 9.46. The zero-order chi connectivity index (χ0) is 20.8. The van der Waals surface area contributed by atoms with Crippen LogP contribution in [0.25, 0.3) is 0 Å². The first-order chi connectivity index (χ1) is 13.2. The number of hydrogen-bond acceptors (Lipinski definition) is 5. The molecule has 3 amide bonds. The number of carbonyl (C=O) groups excluding carboxylic acids is 2. The molecule has 0 unspecified atom stereocenters. The standard InChI is InChI=1S/C19H30FN5O3/c1-5-28-23-19(27)22-17(13(3)14-6-7-16(21)15(20)10-14)18(26)25-9-8-24(4)12(2)11-25/h6-7,10,12-13,17H,5,8-9,11,21H2,1-4H3,(H2,22,23,27)/t12-,13+,17-/m1/s1. The highest BCUT2D eigenvalue weighted by Gasteiger charge is 2.34. The normalized spacial score (nSPS) is 19.8. The monoisotopic (exact) mass is 395 g/mol. The van der Waals surface area contributed by atoms with E-state index in [4.69, 9.17) is 10.6 Å². The molecule has 9 heteroatoms. The van der Waals surface area contributed by atoms with Crippen molar-refractivity contribution < 1.29 is 18.8 Å². The molecule has 1 aliphatic heterocycles. The molecule has 28 heavy (non-hydrogen) atoms. The third-order valence-electron chi connectivity index (χ3n) is 5.18. The molecule has 0 aromatic heterocycles. The van der Waals surface area contributed by atoms with Gasteiger partial charge in [0.1, 0.15) is 11.9 Å². The van der Waals surface area contributed by atoms with E-state index in [0.717, 1.165) is 6.54 Å². The van der Waals surface area contributed by atoms with Gasteiger partial charge in [-0.05, 0) is 38.6 Å². The molecule has 156 valence electrons. The quantitative estimate of drug-likeness (QED) is 0.498. The second kappa shape index (κ2) is 9.70. The van der Waals surface area contributed by atoms with Crippen molar-refractivity contribution in [2.24, 2.45) is 0 Å². The summed E-state index contributed by atoms with van der Waals surface area (Å²) >= 11 is 0. The van der Waals surface area contributed by atoms with Gasteiger partial charge in [-0.1, -0.05) is 13.0 Å². The summed E-state index contributed by atoms with van der Waals surface area (Å²) in [6.45, 7) is 7.71. The molecule has 2 rings (SSSR count). The minimum Gasteiger partial charge on any atom is -0.396 e. The van der Waals surface area contributed by atoms with Gasteiger partial charge in [-0.3, -0.25) is 9.63 Å². The van der Waals surface area contributed by atoms with Crippen LogP contribution in [-0.2, 0) is 9.63 Å². The lowest BCUT2D eigenvalue weighted by molar-refractivity contribution is -0.136. The van der Waals surface area contributed by atoms with Crippen molar-refractivity contribution >= 4 is 17.6 Å². The topological polar surface area (TPSA) is 99.9 Å². The maximum absolute atomic E-state index is 13.9. The van der Waals surface area contributed by atoms with Crippen LogP contribution in [0.15, 0.2) is 18.2 Å². The number of nitrogen functional groups attached to an aromatic ring is 1. The number of anilines is 1. The van der Waals surface area contributed by atoms with Crippen molar-refractivity contribution in [1.82, 2.24) is 20.6 Å². The fraction of sp³-hybridized carbons (Fsp3) is 0.579. The highest BCUT2D eigenvalue weighted by Crippen LogP contribution is 2.24. The van der Waals surface area contributed by atoms with Gasteiger partial charge in [0.15, 0.2) is 0 Å². The number of urea groups is 1. The summed E-state index contributed by atoms with van der Waals surface area (Å²) in [6.07, 6.45) is 0. The summed E-state index contributed by atoms with van der Waals surface area (Å²) in [5, 5.41) is 2.67. The Kier molecular flexibility index (Phi) is 7.59. The van der Waals surface area contributed by atoms with Crippen molar-refractivity contribution in [2.75, 3.05) is 39.0 Å². The van der Waals surface area contributed by atoms with Gasteiger partial charge in [-0.25, -0.2) is 14.7 Å². The molecular weight excluding hydrogens is 365 g/mol. The number of halogens is 1. The second-order valence-electron chi connectivity index (χ2n) is 7.17. The van der Waals surface area contributed by atoms with E-state index >= 15 is 0 Å². The third-order valence-corrected chi connectivity index (χ3v) is 5.18. The molecule has 0 radical (unpaired) electrons. The largest absolute Gasteiger partial charge is 0.396 e. The molecule has 0 aliphatic carbocycles. The lowest BCUT2D eigenvalue weighted by Gasteiger charge is -2.40. The summed E-state index contributed by atoms with van der Waals surface area (Å²) in [4.78, 5) is 34.2. The van der Waals surface area contributed by atoms with Crippen LogP contribution >= 0.6 is 0 Å². The van der Waals surface area contributed by atoms with Crippen LogP contribution in [0.2, 0.25) is 0 Å². The van der Waals surface area contributed by atoms with Crippen molar-refractivity contribution in [1.29, 1.82) is 0 Å².